The van der Waals surface area contributed by atoms with E-state index in [-0.39, 0.29) is 11.9 Å². The van der Waals surface area contributed by atoms with Crippen LogP contribution >= 0.6 is 12.2 Å². The average Bonchev–Trinajstić information content (AvgIpc) is 2.50. The molecule has 1 atom stereocenters. The lowest BCUT2D eigenvalue weighted by Crippen LogP contribution is -2.32. The molecule has 3 nitrogen and oxygen atoms in total. The Morgan fingerprint density at radius 1 is 1.35 bits per heavy atom. The van der Waals surface area contributed by atoms with Gasteiger partial charge in [-0.05, 0) is 31.0 Å². The van der Waals surface area contributed by atoms with E-state index in [9.17, 15) is 4.79 Å². The highest BCUT2D eigenvalue weighted by Gasteiger charge is 2.34. The second-order valence-corrected chi connectivity index (χ2v) is 5.57. The highest BCUT2D eigenvalue weighted by molar-refractivity contribution is 7.80. The lowest BCUT2D eigenvalue weighted by atomic mass is 10.0. The average molecular weight is 256 g/mol. The maximum Gasteiger partial charge on any atom is 0.251 e. The zero-order valence-corrected chi connectivity index (χ0v) is 12.0. The van der Waals surface area contributed by atoms with Crippen LogP contribution in [0.2, 0.25) is 0 Å². The molecule has 0 aromatic heterocycles. The van der Waals surface area contributed by atoms with E-state index in [1.165, 1.54) is 19.3 Å². The molecule has 1 heterocycles. The van der Waals surface area contributed by atoms with Crippen LogP contribution in [0.5, 0.6) is 0 Å². The van der Waals surface area contributed by atoms with Crippen LogP contribution in [0.1, 0.15) is 52.9 Å². The number of carbonyl (C=O) groups is 1. The maximum atomic E-state index is 12.1. The van der Waals surface area contributed by atoms with E-state index in [1.54, 1.807) is 4.90 Å². The fraction of sp³-hybridized carbons (Fsp3) is 0.846. The summed E-state index contributed by atoms with van der Waals surface area (Å²) in [6, 6.07) is -0.0892. The third-order valence-electron chi connectivity index (χ3n) is 3.05. The minimum atomic E-state index is -0.0892. The zero-order valence-electron chi connectivity index (χ0n) is 11.2. The van der Waals surface area contributed by atoms with Crippen molar-refractivity contribution in [2.75, 3.05) is 6.54 Å². The number of hydrogen-bond donors (Lipinski definition) is 1. The van der Waals surface area contributed by atoms with Gasteiger partial charge in [-0.1, -0.05) is 40.0 Å². The largest absolute Gasteiger partial charge is 0.350 e. The first-order valence-electron chi connectivity index (χ1n) is 6.68. The molecule has 0 bridgehead atoms. The minimum Gasteiger partial charge on any atom is -0.350 e. The Morgan fingerprint density at radius 2 is 2.06 bits per heavy atom. The molecule has 1 unspecified atom stereocenters. The van der Waals surface area contributed by atoms with Crippen molar-refractivity contribution in [3.8, 4) is 0 Å². The summed E-state index contributed by atoms with van der Waals surface area (Å²) in [6.07, 6.45) is 5.54. The molecule has 1 aliphatic heterocycles. The molecule has 0 radical (unpaired) electrons. The summed E-state index contributed by atoms with van der Waals surface area (Å²) in [5, 5.41) is 3.76. The molecule has 0 saturated carbocycles. The second-order valence-electron chi connectivity index (χ2n) is 5.18. The molecule has 0 spiro atoms. The molecule has 1 saturated heterocycles. The van der Waals surface area contributed by atoms with E-state index in [0.29, 0.717) is 11.0 Å². The molecular weight excluding hydrogens is 232 g/mol. The number of thiocarbonyl (C=S) groups is 1. The Kier molecular flexibility index (Phi) is 5.89. The van der Waals surface area contributed by atoms with E-state index in [0.717, 1.165) is 19.4 Å². The molecular formula is C13H24N2OS. The van der Waals surface area contributed by atoms with E-state index < -0.39 is 0 Å². The molecule has 1 fully saturated rings. The van der Waals surface area contributed by atoms with Crippen LogP contribution in [0.3, 0.4) is 0 Å². The first-order valence-corrected chi connectivity index (χ1v) is 7.09. The fourth-order valence-corrected chi connectivity index (χ4v) is 2.44. The summed E-state index contributed by atoms with van der Waals surface area (Å²) in [5.74, 6) is 0.680. The van der Waals surface area contributed by atoms with Crippen LogP contribution in [-0.2, 0) is 4.79 Å². The van der Waals surface area contributed by atoms with E-state index in [1.807, 2.05) is 0 Å². The molecule has 1 aliphatic rings. The molecule has 1 N–H and O–H groups in total. The number of rotatable bonds is 7. The first-order chi connectivity index (χ1) is 8.06. The van der Waals surface area contributed by atoms with Crippen molar-refractivity contribution in [2.45, 2.75) is 58.9 Å². The Labute approximate surface area is 110 Å². The summed E-state index contributed by atoms with van der Waals surface area (Å²) in [5.41, 5.74) is 0. The summed E-state index contributed by atoms with van der Waals surface area (Å²) in [6.45, 7) is 7.22. The van der Waals surface area contributed by atoms with Crippen molar-refractivity contribution in [1.82, 2.24) is 10.2 Å². The van der Waals surface area contributed by atoms with Crippen molar-refractivity contribution in [2.24, 2.45) is 5.92 Å². The monoisotopic (exact) mass is 256 g/mol. The van der Waals surface area contributed by atoms with Gasteiger partial charge in [-0.15, -0.1) is 0 Å². The Hall–Kier alpha value is -0.640. The smallest absolute Gasteiger partial charge is 0.251 e. The Morgan fingerprint density at radius 3 is 2.65 bits per heavy atom. The van der Waals surface area contributed by atoms with E-state index in [2.05, 4.69) is 26.1 Å². The highest BCUT2D eigenvalue weighted by atomic mass is 32.1. The predicted octanol–water partition coefficient (Wildman–Crippen LogP) is 2.70. The van der Waals surface area contributed by atoms with Crippen LogP contribution in [-0.4, -0.2) is 28.5 Å². The van der Waals surface area contributed by atoms with Crippen molar-refractivity contribution >= 4 is 23.2 Å². The number of nitrogens with zero attached hydrogens (tertiary/aromatic N) is 1. The maximum absolute atomic E-state index is 12.1. The molecule has 1 amide bonds. The fourth-order valence-electron chi connectivity index (χ4n) is 2.12. The molecule has 98 valence electrons. The normalized spacial score (nSPS) is 20.2. The highest BCUT2D eigenvalue weighted by Crippen LogP contribution is 2.15. The Balaban J connectivity index is 2.40. The van der Waals surface area contributed by atoms with Crippen molar-refractivity contribution < 1.29 is 4.79 Å². The van der Waals surface area contributed by atoms with Crippen LogP contribution in [0.4, 0.5) is 0 Å². The Bertz CT molecular complexity index is 279. The van der Waals surface area contributed by atoms with Gasteiger partial charge in [0.1, 0.15) is 6.04 Å². The predicted molar refractivity (Wildman–Crippen MR) is 74.8 cm³/mol. The quantitative estimate of drug-likeness (QED) is 0.561. The van der Waals surface area contributed by atoms with Gasteiger partial charge in [-0.25, -0.2) is 0 Å². The summed E-state index contributed by atoms with van der Waals surface area (Å²) in [7, 11) is 0. The van der Waals surface area contributed by atoms with Gasteiger partial charge in [0, 0.05) is 6.54 Å². The van der Waals surface area contributed by atoms with E-state index >= 15 is 0 Å². The lowest BCUT2D eigenvalue weighted by molar-refractivity contribution is -0.127. The summed E-state index contributed by atoms with van der Waals surface area (Å²) in [4.78, 5) is 13.8. The third-order valence-corrected chi connectivity index (χ3v) is 3.39. The third kappa shape index (κ3) is 4.26. The van der Waals surface area contributed by atoms with Gasteiger partial charge in [0.2, 0.25) is 0 Å². The number of amides is 1. The van der Waals surface area contributed by atoms with Gasteiger partial charge in [0.15, 0.2) is 5.11 Å². The van der Waals surface area contributed by atoms with Crippen molar-refractivity contribution in [1.29, 1.82) is 0 Å². The molecule has 0 aromatic carbocycles. The van der Waals surface area contributed by atoms with E-state index in [4.69, 9.17) is 12.2 Å². The molecule has 4 heteroatoms. The lowest BCUT2D eigenvalue weighted by Gasteiger charge is -2.14. The first kappa shape index (κ1) is 14.4. The van der Waals surface area contributed by atoms with Crippen LogP contribution in [0.25, 0.3) is 0 Å². The van der Waals surface area contributed by atoms with Gasteiger partial charge in [0.05, 0.1) is 0 Å². The topological polar surface area (TPSA) is 32.3 Å². The minimum absolute atomic E-state index is 0.0892. The summed E-state index contributed by atoms with van der Waals surface area (Å²) < 4.78 is 0. The van der Waals surface area contributed by atoms with Crippen molar-refractivity contribution in [3.63, 3.8) is 0 Å². The van der Waals surface area contributed by atoms with Gasteiger partial charge in [-0.3, -0.25) is 9.69 Å². The molecule has 0 aromatic rings. The van der Waals surface area contributed by atoms with Gasteiger partial charge < -0.3 is 5.32 Å². The molecule has 0 aliphatic carbocycles. The van der Waals surface area contributed by atoms with Crippen LogP contribution in [0, 0.1) is 5.92 Å². The van der Waals surface area contributed by atoms with Crippen LogP contribution in [0.15, 0.2) is 0 Å². The number of unbranched alkanes of at least 4 members (excludes halogenated alkanes) is 3. The number of nitrogens with one attached hydrogen (secondary N) is 1. The van der Waals surface area contributed by atoms with Crippen LogP contribution < -0.4 is 5.32 Å². The number of carbonyl (C=O) groups excluding carboxylic acids is 1. The second kappa shape index (κ2) is 6.94. The number of hydrogen-bond acceptors (Lipinski definition) is 2. The summed E-state index contributed by atoms with van der Waals surface area (Å²) >= 11 is 5.22. The van der Waals surface area contributed by atoms with Gasteiger partial charge in [0.25, 0.3) is 5.91 Å². The van der Waals surface area contributed by atoms with Crippen molar-refractivity contribution in [3.05, 3.63) is 0 Å². The molecule has 17 heavy (non-hydrogen) atoms. The molecule has 1 rings (SSSR count). The standard InChI is InChI=1S/C13H24N2OS/c1-4-5-6-7-8-15-12(16)11(9-10(2)3)14-13(15)17/h10-11H,4-9H2,1-3H3,(H,14,17). The van der Waals surface area contributed by atoms with Gasteiger partial charge in [-0.2, -0.15) is 0 Å². The zero-order chi connectivity index (χ0) is 12.8. The van der Waals surface area contributed by atoms with Gasteiger partial charge >= 0.3 is 0 Å². The SMILES string of the molecule is CCCCCCN1C(=O)C(CC(C)C)NC1=S.